The van der Waals surface area contributed by atoms with Gasteiger partial charge in [-0.3, -0.25) is 4.79 Å². The van der Waals surface area contributed by atoms with Crippen LogP contribution in [0, 0.1) is 5.92 Å². The molecule has 3 N–H and O–H groups in total. The summed E-state index contributed by atoms with van der Waals surface area (Å²) in [7, 11) is 0. The maximum absolute atomic E-state index is 12.8. The molecule has 0 aliphatic carbocycles. The molecule has 1 aromatic heterocycles. The highest BCUT2D eigenvalue weighted by Gasteiger charge is 2.41. The van der Waals surface area contributed by atoms with Crippen molar-refractivity contribution in [3.8, 4) is 5.88 Å². The van der Waals surface area contributed by atoms with Gasteiger partial charge in [0.15, 0.2) is 6.61 Å². The molecular formula is C15H21F4N3O2. The molecule has 0 aromatic carbocycles. The van der Waals surface area contributed by atoms with E-state index in [-0.39, 0.29) is 23.9 Å². The number of nitrogens with one attached hydrogen (secondary N) is 1. The van der Waals surface area contributed by atoms with Gasteiger partial charge in [0.2, 0.25) is 5.88 Å². The average molecular weight is 351 g/mol. The van der Waals surface area contributed by atoms with Crippen LogP contribution in [0.15, 0.2) is 18.3 Å². The molecule has 1 heterocycles. The number of alkyl halides is 4. The summed E-state index contributed by atoms with van der Waals surface area (Å²) < 4.78 is 54.1. The van der Waals surface area contributed by atoms with E-state index in [2.05, 4.69) is 15.0 Å². The SMILES string of the molecule is CC(C)C(C)(CN)NC(=O)c1ccc(OCC(F)(F)C(F)F)nc1. The lowest BCUT2D eigenvalue weighted by molar-refractivity contribution is -0.148. The van der Waals surface area contributed by atoms with Gasteiger partial charge in [0.05, 0.1) is 11.1 Å². The highest BCUT2D eigenvalue weighted by Crippen LogP contribution is 2.23. The van der Waals surface area contributed by atoms with Crippen molar-refractivity contribution < 1.29 is 27.1 Å². The maximum atomic E-state index is 12.8. The summed E-state index contributed by atoms with van der Waals surface area (Å²) in [6.45, 7) is 4.35. The standard InChI is InChI=1S/C15H21F4N3O2/c1-9(2)14(3,7-20)22-12(23)10-4-5-11(21-6-10)24-8-15(18,19)13(16)17/h4-6,9,13H,7-8,20H2,1-3H3,(H,22,23). The zero-order valence-corrected chi connectivity index (χ0v) is 13.7. The van der Waals surface area contributed by atoms with E-state index in [0.29, 0.717) is 0 Å². The van der Waals surface area contributed by atoms with Crippen LogP contribution < -0.4 is 15.8 Å². The van der Waals surface area contributed by atoms with Crippen molar-refractivity contribution in [1.29, 1.82) is 0 Å². The van der Waals surface area contributed by atoms with Gasteiger partial charge in [-0.15, -0.1) is 0 Å². The number of aromatic nitrogens is 1. The summed E-state index contributed by atoms with van der Waals surface area (Å²) in [4.78, 5) is 15.8. The molecule has 1 unspecified atom stereocenters. The Labute approximate surface area is 137 Å². The first-order valence-corrected chi connectivity index (χ1v) is 7.29. The lowest BCUT2D eigenvalue weighted by atomic mass is 9.88. The fraction of sp³-hybridized carbons (Fsp3) is 0.600. The van der Waals surface area contributed by atoms with Crippen molar-refractivity contribution >= 4 is 5.91 Å². The second-order valence-electron chi connectivity index (χ2n) is 5.97. The number of nitrogens with zero attached hydrogens (tertiary/aromatic N) is 1. The second-order valence-corrected chi connectivity index (χ2v) is 5.97. The van der Waals surface area contributed by atoms with Gasteiger partial charge in [0, 0.05) is 18.8 Å². The van der Waals surface area contributed by atoms with Gasteiger partial charge in [-0.2, -0.15) is 8.78 Å². The molecule has 1 rings (SSSR count). The van der Waals surface area contributed by atoms with Gasteiger partial charge in [0.1, 0.15) is 0 Å². The zero-order valence-electron chi connectivity index (χ0n) is 13.7. The van der Waals surface area contributed by atoms with Crippen molar-refractivity contribution in [3.63, 3.8) is 0 Å². The van der Waals surface area contributed by atoms with Gasteiger partial charge in [-0.05, 0) is 18.9 Å². The van der Waals surface area contributed by atoms with Crippen LogP contribution in [-0.2, 0) is 0 Å². The van der Waals surface area contributed by atoms with E-state index in [1.54, 1.807) is 6.92 Å². The number of rotatable bonds is 8. The van der Waals surface area contributed by atoms with E-state index in [1.165, 1.54) is 6.07 Å². The molecule has 1 aromatic rings. The first-order valence-electron chi connectivity index (χ1n) is 7.29. The molecule has 0 saturated heterocycles. The molecule has 0 fully saturated rings. The molecule has 136 valence electrons. The highest BCUT2D eigenvalue weighted by atomic mass is 19.3. The van der Waals surface area contributed by atoms with Crippen LogP contribution in [-0.4, -0.2) is 41.9 Å². The number of carbonyl (C=O) groups is 1. The molecule has 9 heteroatoms. The Bertz CT molecular complexity index is 552. The van der Waals surface area contributed by atoms with E-state index in [4.69, 9.17) is 5.73 Å². The largest absolute Gasteiger partial charge is 0.471 e. The van der Waals surface area contributed by atoms with Crippen LogP contribution in [0.25, 0.3) is 0 Å². The monoisotopic (exact) mass is 351 g/mol. The maximum Gasteiger partial charge on any atom is 0.340 e. The molecule has 0 spiro atoms. The third-order valence-corrected chi connectivity index (χ3v) is 3.83. The quantitative estimate of drug-likeness (QED) is 0.706. The van der Waals surface area contributed by atoms with Crippen LogP contribution >= 0.6 is 0 Å². The highest BCUT2D eigenvalue weighted by molar-refractivity contribution is 5.94. The second kappa shape index (κ2) is 7.78. The van der Waals surface area contributed by atoms with Crippen LogP contribution in [0.2, 0.25) is 0 Å². The lowest BCUT2D eigenvalue weighted by Crippen LogP contribution is -2.55. The molecule has 0 bridgehead atoms. The van der Waals surface area contributed by atoms with E-state index < -0.39 is 30.4 Å². The van der Waals surface area contributed by atoms with Gasteiger partial charge in [0.25, 0.3) is 5.91 Å². The summed E-state index contributed by atoms with van der Waals surface area (Å²) in [6, 6.07) is 2.46. The molecule has 0 saturated carbocycles. The third-order valence-electron chi connectivity index (χ3n) is 3.83. The minimum atomic E-state index is -4.27. The Balaban J connectivity index is 2.72. The van der Waals surface area contributed by atoms with Crippen molar-refractivity contribution in [2.45, 2.75) is 38.7 Å². The van der Waals surface area contributed by atoms with Gasteiger partial charge in [-0.25, -0.2) is 13.8 Å². The predicted octanol–water partition coefficient (Wildman–Crippen LogP) is 2.46. The lowest BCUT2D eigenvalue weighted by Gasteiger charge is -2.33. The van der Waals surface area contributed by atoms with Crippen molar-refractivity contribution in [3.05, 3.63) is 23.9 Å². The summed E-state index contributed by atoms with van der Waals surface area (Å²) in [5, 5.41) is 2.79. The molecule has 1 atom stereocenters. The Morgan fingerprint density at radius 3 is 2.42 bits per heavy atom. The summed E-state index contributed by atoms with van der Waals surface area (Å²) >= 11 is 0. The number of carbonyl (C=O) groups excluding carboxylic acids is 1. The zero-order chi connectivity index (χ0) is 18.5. The molecule has 0 aliphatic heterocycles. The first-order chi connectivity index (χ1) is 11.0. The number of amides is 1. The number of pyridine rings is 1. The van der Waals surface area contributed by atoms with Crippen molar-refractivity contribution in [1.82, 2.24) is 10.3 Å². The topological polar surface area (TPSA) is 77.2 Å². The van der Waals surface area contributed by atoms with Gasteiger partial charge < -0.3 is 15.8 Å². The van der Waals surface area contributed by atoms with Crippen LogP contribution in [0.4, 0.5) is 17.6 Å². The first kappa shape index (κ1) is 20.1. The summed E-state index contributed by atoms with van der Waals surface area (Å²) in [5.41, 5.74) is 5.23. The minimum absolute atomic E-state index is 0.0820. The van der Waals surface area contributed by atoms with Crippen LogP contribution in [0.3, 0.4) is 0 Å². The molecule has 0 aliphatic rings. The fourth-order valence-corrected chi connectivity index (χ4v) is 1.60. The molecule has 0 radical (unpaired) electrons. The molecule has 1 amide bonds. The van der Waals surface area contributed by atoms with Gasteiger partial charge in [-0.1, -0.05) is 13.8 Å². The number of ether oxygens (including phenoxy) is 1. The Morgan fingerprint density at radius 2 is 2.00 bits per heavy atom. The molecular weight excluding hydrogens is 330 g/mol. The Morgan fingerprint density at radius 1 is 1.38 bits per heavy atom. The van der Waals surface area contributed by atoms with Crippen LogP contribution in [0.5, 0.6) is 5.88 Å². The minimum Gasteiger partial charge on any atom is -0.471 e. The van der Waals surface area contributed by atoms with E-state index in [9.17, 15) is 22.4 Å². The fourth-order valence-electron chi connectivity index (χ4n) is 1.60. The smallest absolute Gasteiger partial charge is 0.340 e. The van der Waals surface area contributed by atoms with Crippen LogP contribution in [0.1, 0.15) is 31.1 Å². The van der Waals surface area contributed by atoms with E-state index in [1.807, 2.05) is 13.8 Å². The van der Waals surface area contributed by atoms with Crippen molar-refractivity contribution in [2.75, 3.05) is 13.2 Å². The molecule has 5 nitrogen and oxygen atoms in total. The number of hydrogen-bond donors (Lipinski definition) is 2. The van der Waals surface area contributed by atoms with E-state index >= 15 is 0 Å². The molecule has 24 heavy (non-hydrogen) atoms. The Hall–Kier alpha value is -1.90. The third kappa shape index (κ3) is 5.05. The summed E-state index contributed by atoms with van der Waals surface area (Å²) in [6.07, 6.45) is -2.71. The number of nitrogens with two attached hydrogens (primary N) is 1. The number of hydrogen-bond acceptors (Lipinski definition) is 4. The van der Waals surface area contributed by atoms with Gasteiger partial charge >= 0.3 is 12.3 Å². The van der Waals surface area contributed by atoms with Crippen molar-refractivity contribution in [2.24, 2.45) is 11.7 Å². The number of halogens is 4. The average Bonchev–Trinajstić information content (AvgIpc) is 2.52. The Kier molecular flexibility index (Phi) is 6.53. The normalized spacial score (nSPS) is 14.6. The van der Waals surface area contributed by atoms with E-state index in [0.717, 1.165) is 12.3 Å². The predicted molar refractivity (Wildman–Crippen MR) is 80.4 cm³/mol. The summed E-state index contributed by atoms with van der Waals surface area (Å²) in [5.74, 6) is -4.90.